The molecule has 1 saturated heterocycles. The lowest BCUT2D eigenvalue weighted by molar-refractivity contribution is 0.283. The van der Waals surface area contributed by atoms with E-state index in [9.17, 15) is 0 Å². The van der Waals surface area contributed by atoms with Crippen molar-refractivity contribution in [1.82, 2.24) is 20.1 Å². The summed E-state index contributed by atoms with van der Waals surface area (Å²) < 4.78 is 2.30. The van der Waals surface area contributed by atoms with Gasteiger partial charge in [-0.1, -0.05) is 0 Å². The molecule has 1 aliphatic rings. The molecule has 0 aromatic carbocycles. The largest absolute Gasteiger partial charge is 0.396 e. The van der Waals surface area contributed by atoms with Crippen LogP contribution in [0.5, 0.6) is 0 Å². The maximum atomic E-state index is 8.82. The molecule has 17 heavy (non-hydrogen) atoms. The van der Waals surface area contributed by atoms with E-state index in [1.54, 1.807) is 0 Å². The van der Waals surface area contributed by atoms with E-state index in [0.29, 0.717) is 6.04 Å². The summed E-state index contributed by atoms with van der Waals surface area (Å²) in [4.78, 5) is 0. The second-order valence-electron chi connectivity index (χ2n) is 4.70. The molecule has 2 rings (SSSR count). The second kappa shape index (κ2) is 6.12. The van der Waals surface area contributed by atoms with Gasteiger partial charge in [0.15, 0.2) is 0 Å². The number of aliphatic hydroxyl groups is 1. The SMILES string of the molecule is Cc1nnc(CCCCO)n1C1CCNCC1. The molecule has 0 amide bonds. The zero-order chi connectivity index (χ0) is 12.1. The topological polar surface area (TPSA) is 63.0 Å². The number of rotatable bonds is 5. The van der Waals surface area contributed by atoms with Gasteiger partial charge in [-0.15, -0.1) is 10.2 Å². The Balaban J connectivity index is 2.05. The van der Waals surface area contributed by atoms with Crippen molar-refractivity contribution in [3.8, 4) is 0 Å². The van der Waals surface area contributed by atoms with E-state index in [1.807, 2.05) is 6.92 Å². The maximum absolute atomic E-state index is 8.82. The van der Waals surface area contributed by atoms with Crippen molar-refractivity contribution in [3.05, 3.63) is 11.6 Å². The van der Waals surface area contributed by atoms with Crippen molar-refractivity contribution in [2.75, 3.05) is 19.7 Å². The highest BCUT2D eigenvalue weighted by Gasteiger charge is 2.20. The van der Waals surface area contributed by atoms with Gasteiger partial charge in [-0.3, -0.25) is 0 Å². The van der Waals surface area contributed by atoms with Crippen LogP contribution >= 0.6 is 0 Å². The van der Waals surface area contributed by atoms with Crippen molar-refractivity contribution < 1.29 is 5.11 Å². The Bertz CT molecular complexity index is 344. The summed E-state index contributed by atoms with van der Waals surface area (Å²) in [6, 6.07) is 0.551. The number of aliphatic hydroxyl groups excluding tert-OH is 1. The van der Waals surface area contributed by atoms with Crippen LogP contribution in [0.1, 0.15) is 43.4 Å². The smallest absolute Gasteiger partial charge is 0.133 e. The third-order valence-electron chi connectivity index (χ3n) is 3.42. The fourth-order valence-electron chi connectivity index (χ4n) is 2.52. The molecule has 0 radical (unpaired) electrons. The molecule has 0 spiro atoms. The first-order chi connectivity index (χ1) is 8.33. The van der Waals surface area contributed by atoms with Gasteiger partial charge in [-0.2, -0.15) is 0 Å². The number of aromatic nitrogens is 3. The average molecular weight is 238 g/mol. The van der Waals surface area contributed by atoms with Gasteiger partial charge in [0.25, 0.3) is 0 Å². The molecule has 5 heteroatoms. The van der Waals surface area contributed by atoms with Crippen LogP contribution in [0.25, 0.3) is 0 Å². The summed E-state index contributed by atoms with van der Waals surface area (Å²) >= 11 is 0. The van der Waals surface area contributed by atoms with Crippen LogP contribution in [0.15, 0.2) is 0 Å². The normalized spacial score (nSPS) is 17.5. The Morgan fingerprint density at radius 2 is 2.06 bits per heavy atom. The molecule has 2 N–H and O–H groups in total. The number of aryl methyl sites for hydroxylation is 2. The minimum atomic E-state index is 0.264. The van der Waals surface area contributed by atoms with E-state index in [-0.39, 0.29) is 6.61 Å². The molecule has 1 aliphatic heterocycles. The molecular formula is C12H22N4O. The van der Waals surface area contributed by atoms with Gasteiger partial charge < -0.3 is 15.0 Å². The summed E-state index contributed by atoms with van der Waals surface area (Å²) in [6.07, 6.45) is 5.07. The third kappa shape index (κ3) is 3.04. The Morgan fingerprint density at radius 3 is 2.76 bits per heavy atom. The second-order valence-corrected chi connectivity index (χ2v) is 4.70. The van der Waals surface area contributed by atoms with Crippen LogP contribution in [0.2, 0.25) is 0 Å². The monoisotopic (exact) mass is 238 g/mol. The molecule has 1 fully saturated rings. The number of nitrogens with one attached hydrogen (secondary N) is 1. The number of nitrogens with zero attached hydrogens (tertiary/aromatic N) is 3. The van der Waals surface area contributed by atoms with Gasteiger partial charge in [0.1, 0.15) is 11.6 Å². The van der Waals surface area contributed by atoms with Crippen molar-refractivity contribution in [1.29, 1.82) is 0 Å². The molecule has 5 nitrogen and oxygen atoms in total. The summed E-state index contributed by atoms with van der Waals surface area (Å²) in [6.45, 7) is 4.46. The van der Waals surface area contributed by atoms with Crippen molar-refractivity contribution in [3.63, 3.8) is 0 Å². The summed E-state index contributed by atoms with van der Waals surface area (Å²) in [7, 11) is 0. The van der Waals surface area contributed by atoms with Gasteiger partial charge in [-0.05, 0) is 45.7 Å². The highest BCUT2D eigenvalue weighted by Crippen LogP contribution is 2.22. The quantitative estimate of drug-likeness (QED) is 0.746. The standard InChI is InChI=1S/C12H22N4O/c1-10-14-15-12(4-2-3-9-17)16(10)11-5-7-13-8-6-11/h11,13,17H,2-9H2,1H3. The summed E-state index contributed by atoms with van der Waals surface area (Å²) in [5, 5.41) is 20.7. The molecular weight excluding hydrogens is 216 g/mol. The van der Waals surface area contributed by atoms with Crippen LogP contribution < -0.4 is 5.32 Å². The van der Waals surface area contributed by atoms with Gasteiger partial charge in [-0.25, -0.2) is 0 Å². The first-order valence-corrected chi connectivity index (χ1v) is 6.55. The van der Waals surface area contributed by atoms with Gasteiger partial charge >= 0.3 is 0 Å². The summed E-state index contributed by atoms with van der Waals surface area (Å²) in [5.41, 5.74) is 0. The molecule has 96 valence electrons. The number of unbranched alkanes of at least 4 members (excludes halogenated alkanes) is 1. The Labute approximate surface area is 102 Å². The number of hydrogen-bond donors (Lipinski definition) is 2. The minimum Gasteiger partial charge on any atom is -0.396 e. The fourth-order valence-corrected chi connectivity index (χ4v) is 2.52. The van der Waals surface area contributed by atoms with Crippen molar-refractivity contribution in [2.45, 2.75) is 45.1 Å². The Morgan fingerprint density at radius 1 is 1.29 bits per heavy atom. The molecule has 2 heterocycles. The summed E-state index contributed by atoms with van der Waals surface area (Å²) in [5.74, 6) is 2.11. The molecule has 1 aromatic heterocycles. The molecule has 0 saturated carbocycles. The lowest BCUT2D eigenvalue weighted by Gasteiger charge is -2.26. The van der Waals surface area contributed by atoms with E-state index in [0.717, 1.165) is 56.8 Å². The van der Waals surface area contributed by atoms with Gasteiger partial charge in [0.05, 0.1) is 0 Å². The van der Waals surface area contributed by atoms with Gasteiger partial charge in [0, 0.05) is 19.1 Å². The predicted octanol–water partition coefficient (Wildman–Crippen LogP) is 0.826. The fraction of sp³-hybridized carbons (Fsp3) is 0.833. The predicted molar refractivity (Wildman–Crippen MR) is 65.9 cm³/mol. The lowest BCUT2D eigenvalue weighted by Crippen LogP contribution is -2.30. The average Bonchev–Trinajstić information content (AvgIpc) is 2.72. The van der Waals surface area contributed by atoms with Crippen molar-refractivity contribution in [2.24, 2.45) is 0 Å². The molecule has 0 atom stereocenters. The lowest BCUT2D eigenvalue weighted by atomic mass is 10.1. The number of piperidine rings is 1. The van der Waals surface area contributed by atoms with Crippen LogP contribution in [0.4, 0.5) is 0 Å². The highest BCUT2D eigenvalue weighted by atomic mass is 16.2. The minimum absolute atomic E-state index is 0.264. The molecule has 0 aliphatic carbocycles. The van der Waals surface area contributed by atoms with E-state index in [4.69, 9.17) is 5.11 Å². The Hall–Kier alpha value is -0.940. The van der Waals surface area contributed by atoms with E-state index >= 15 is 0 Å². The maximum Gasteiger partial charge on any atom is 0.133 e. The molecule has 0 unspecified atom stereocenters. The molecule has 0 bridgehead atoms. The van der Waals surface area contributed by atoms with E-state index in [2.05, 4.69) is 20.1 Å². The third-order valence-corrected chi connectivity index (χ3v) is 3.42. The van der Waals surface area contributed by atoms with Crippen molar-refractivity contribution >= 4 is 0 Å². The van der Waals surface area contributed by atoms with Crippen LogP contribution in [-0.4, -0.2) is 39.6 Å². The van der Waals surface area contributed by atoms with Gasteiger partial charge in [0.2, 0.25) is 0 Å². The first kappa shape index (κ1) is 12.5. The van der Waals surface area contributed by atoms with E-state index < -0.39 is 0 Å². The Kier molecular flexibility index (Phi) is 4.50. The zero-order valence-electron chi connectivity index (χ0n) is 10.5. The van der Waals surface area contributed by atoms with E-state index in [1.165, 1.54) is 0 Å². The van der Waals surface area contributed by atoms with Crippen LogP contribution in [0.3, 0.4) is 0 Å². The van der Waals surface area contributed by atoms with Crippen LogP contribution in [-0.2, 0) is 6.42 Å². The molecule has 1 aromatic rings. The van der Waals surface area contributed by atoms with Crippen LogP contribution in [0, 0.1) is 6.92 Å². The zero-order valence-corrected chi connectivity index (χ0v) is 10.5. The number of hydrogen-bond acceptors (Lipinski definition) is 4. The first-order valence-electron chi connectivity index (χ1n) is 6.55. The highest BCUT2D eigenvalue weighted by molar-refractivity contribution is 4.98.